The van der Waals surface area contributed by atoms with Gasteiger partial charge in [-0.2, -0.15) is 0 Å². The molecule has 0 saturated carbocycles. The van der Waals surface area contributed by atoms with Gasteiger partial charge in [0, 0.05) is 6.42 Å². The van der Waals surface area contributed by atoms with E-state index < -0.39 is 20.0 Å². The van der Waals surface area contributed by atoms with Gasteiger partial charge in [0.2, 0.25) is 5.91 Å². The van der Waals surface area contributed by atoms with Crippen molar-refractivity contribution in [3.05, 3.63) is 24.3 Å². The minimum absolute atomic E-state index is 0.00219. The van der Waals surface area contributed by atoms with E-state index in [-0.39, 0.29) is 19.1 Å². The van der Waals surface area contributed by atoms with E-state index in [1.807, 2.05) is 27.2 Å². The molecule has 8 nitrogen and oxygen atoms in total. The van der Waals surface area contributed by atoms with Crippen LogP contribution < -0.4 is 10.2 Å². The number of phosphoric ester groups is 1. The van der Waals surface area contributed by atoms with Crippen LogP contribution in [0.1, 0.15) is 373 Å². The number of carbonyl (C=O) groups excluding carboxylic acids is 1. The SMILES string of the molecule is CCCCCCCCCC/C=C\CCCCCCCCCCCCCCCCCCCCCCCCCCCCCCCC(=O)NC(COP(=O)([O-])OCC[N+](C)(C)C)C(O)/C=C/CCCCCCCCCCCCCCCCC. The second-order valence-electron chi connectivity index (χ2n) is 25.9. The number of hydrogen-bond donors (Lipinski definition) is 2. The predicted molar refractivity (Wildman–Crippen MR) is 349 cm³/mol. The third-order valence-corrected chi connectivity index (χ3v) is 17.6. The molecule has 1 amide bonds. The van der Waals surface area contributed by atoms with E-state index in [0.717, 1.165) is 38.5 Å². The fraction of sp³-hybridized carbons (Fsp3) is 0.930. The van der Waals surface area contributed by atoms with Crippen LogP contribution in [0.3, 0.4) is 0 Å². The van der Waals surface area contributed by atoms with Crippen LogP contribution in [0, 0.1) is 0 Å². The van der Waals surface area contributed by atoms with E-state index in [1.54, 1.807) is 6.08 Å². The summed E-state index contributed by atoms with van der Waals surface area (Å²) in [5.74, 6) is -0.189. The number of nitrogens with one attached hydrogen (secondary N) is 1. The number of amides is 1. The Morgan fingerprint density at radius 3 is 0.975 bits per heavy atom. The summed E-state index contributed by atoms with van der Waals surface area (Å²) in [6, 6.07) is -0.884. The van der Waals surface area contributed by atoms with Crippen LogP contribution in [0.4, 0.5) is 0 Å². The lowest BCUT2D eigenvalue weighted by atomic mass is 10.0. The number of unbranched alkanes of at least 4 members (excludes halogenated alkanes) is 52. The van der Waals surface area contributed by atoms with Gasteiger partial charge in [0.1, 0.15) is 13.2 Å². The van der Waals surface area contributed by atoms with Crippen molar-refractivity contribution in [3.8, 4) is 0 Å². The summed E-state index contributed by atoms with van der Waals surface area (Å²) >= 11 is 0. The van der Waals surface area contributed by atoms with Crippen LogP contribution in [-0.4, -0.2) is 68.5 Å². The maximum Gasteiger partial charge on any atom is 0.268 e. The number of phosphoric acid groups is 1. The molecule has 3 atom stereocenters. The monoisotopic (exact) mass is 1150 g/mol. The maximum atomic E-state index is 13.0. The minimum atomic E-state index is -4.60. The Bertz CT molecular complexity index is 1350. The number of aliphatic hydroxyl groups is 1. The third kappa shape index (κ3) is 64.5. The fourth-order valence-electron chi connectivity index (χ4n) is 11.1. The summed E-state index contributed by atoms with van der Waals surface area (Å²) in [7, 11) is 1.28. The number of likely N-dealkylation sites (N-methyl/N-ethyl adjacent to an activating group) is 1. The van der Waals surface area contributed by atoms with Gasteiger partial charge in [-0.05, 0) is 44.9 Å². The Morgan fingerprint density at radius 2 is 0.688 bits per heavy atom. The molecular formula is C71H141N2O6P. The molecule has 3 unspecified atom stereocenters. The Balaban J connectivity index is 3.85. The first-order valence-electron chi connectivity index (χ1n) is 35.7. The molecule has 0 saturated heterocycles. The first-order valence-corrected chi connectivity index (χ1v) is 37.2. The number of hydrogen-bond acceptors (Lipinski definition) is 6. The fourth-order valence-corrected chi connectivity index (χ4v) is 11.8. The molecule has 0 spiro atoms. The Morgan fingerprint density at radius 1 is 0.425 bits per heavy atom. The molecule has 9 heteroatoms. The van der Waals surface area contributed by atoms with Crippen LogP contribution in [0.15, 0.2) is 24.3 Å². The molecule has 0 aliphatic carbocycles. The number of quaternary nitrogens is 1. The van der Waals surface area contributed by atoms with Crippen LogP contribution in [-0.2, 0) is 18.4 Å². The third-order valence-electron chi connectivity index (χ3n) is 16.7. The van der Waals surface area contributed by atoms with Crippen molar-refractivity contribution < 1.29 is 32.9 Å². The first kappa shape index (κ1) is 79.0. The quantitative estimate of drug-likeness (QED) is 0.0272. The average molecular weight is 1150 g/mol. The second kappa shape index (κ2) is 62.5. The van der Waals surface area contributed by atoms with Gasteiger partial charge >= 0.3 is 0 Å². The van der Waals surface area contributed by atoms with Crippen molar-refractivity contribution in [1.82, 2.24) is 5.32 Å². The Labute approximate surface area is 500 Å². The highest BCUT2D eigenvalue weighted by Crippen LogP contribution is 2.38. The van der Waals surface area contributed by atoms with E-state index in [1.165, 1.54) is 315 Å². The van der Waals surface area contributed by atoms with Crippen molar-refractivity contribution in [3.63, 3.8) is 0 Å². The van der Waals surface area contributed by atoms with Gasteiger partial charge < -0.3 is 28.8 Å². The summed E-state index contributed by atoms with van der Waals surface area (Å²) in [6.45, 7) is 4.70. The van der Waals surface area contributed by atoms with Crippen LogP contribution >= 0.6 is 7.82 Å². The van der Waals surface area contributed by atoms with Gasteiger partial charge in [0.15, 0.2) is 0 Å². The topological polar surface area (TPSA) is 108 Å². The number of carbonyl (C=O) groups is 1. The molecule has 0 aromatic carbocycles. The Kier molecular flexibility index (Phi) is 61.7. The molecule has 0 fully saturated rings. The van der Waals surface area contributed by atoms with Crippen molar-refractivity contribution >= 4 is 13.7 Å². The Hall–Kier alpha value is -1.02. The van der Waals surface area contributed by atoms with Gasteiger partial charge in [0.05, 0.1) is 39.9 Å². The highest BCUT2D eigenvalue weighted by molar-refractivity contribution is 7.45. The number of allylic oxidation sites excluding steroid dienone is 3. The molecule has 0 heterocycles. The zero-order chi connectivity index (χ0) is 58.4. The number of nitrogens with zero attached hydrogens (tertiary/aromatic N) is 1. The summed E-state index contributed by atoms with van der Waals surface area (Å²) in [6.07, 6.45) is 81.8. The largest absolute Gasteiger partial charge is 0.756 e. The van der Waals surface area contributed by atoms with Gasteiger partial charge in [-0.25, -0.2) is 0 Å². The van der Waals surface area contributed by atoms with Crippen molar-refractivity contribution in [2.75, 3.05) is 40.9 Å². The molecular weight excluding hydrogens is 1010 g/mol. The molecule has 0 bridgehead atoms. The van der Waals surface area contributed by atoms with E-state index in [4.69, 9.17) is 9.05 Å². The zero-order valence-corrected chi connectivity index (χ0v) is 55.5. The lowest BCUT2D eigenvalue weighted by molar-refractivity contribution is -0.870. The highest BCUT2D eigenvalue weighted by atomic mass is 31.2. The molecule has 0 aliphatic rings. The van der Waals surface area contributed by atoms with E-state index >= 15 is 0 Å². The lowest BCUT2D eigenvalue weighted by Crippen LogP contribution is -2.45. The molecule has 0 aliphatic heterocycles. The average Bonchev–Trinajstić information content (AvgIpc) is 3.42. The second-order valence-corrected chi connectivity index (χ2v) is 27.4. The van der Waals surface area contributed by atoms with E-state index in [2.05, 4.69) is 31.3 Å². The van der Waals surface area contributed by atoms with Gasteiger partial charge in [0.25, 0.3) is 7.82 Å². The number of aliphatic hydroxyl groups excluding tert-OH is 1. The number of rotatable bonds is 67. The normalized spacial score (nSPS) is 13.7. The van der Waals surface area contributed by atoms with Crippen LogP contribution in [0.2, 0.25) is 0 Å². The van der Waals surface area contributed by atoms with Crippen LogP contribution in [0.25, 0.3) is 0 Å². The van der Waals surface area contributed by atoms with Gasteiger partial charge in [-0.15, -0.1) is 0 Å². The standard InChI is InChI=1S/C71H141N2O6P/c1-6-8-10-12-14-16-18-20-22-24-25-26-27-28-29-30-31-32-33-34-35-36-37-38-39-40-41-42-43-44-45-46-47-49-51-53-55-57-59-61-63-65-71(75)72-69(68-79-80(76,77)78-67-66-73(3,4)5)70(74)64-62-60-58-56-54-52-50-48-23-21-19-17-15-13-11-9-7-2/h24-25,62,64,69-70,74H,6-23,26-61,63,65-68H2,1-5H3,(H-,72,75,76,77)/b25-24-,64-62+. The van der Waals surface area contributed by atoms with Gasteiger partial charge in [-0.3, -0.25) is 9.36 Å². The highest BCUT2D eigenvalue weighted by Gasteiger charge is 2.23. The summed E-state index contributed by atoms with van der Waals surface area (Å²) in [4.78, 5) is 25.6. The first-order chi connectivity index (χ1) is 39.0. The van der Waals surface area contributed by atoms with Gasteiger partial charge in [-0.1, -0.05) is 346 Å². The molecule has 0 aromatic heterocycles. The summed E-state index contributed by atoms with van der Waals surface area (Å²) in [5, 5.41) is 13.9. The molecule has 0 radical (unpaired) electrons. The molecule has 476 valence electrons. The molecule has 2 N–H and O–H groups in total. The molecule has 80 heavy (non-hydrogen) atoms. The van der Waals surface area contributed by atoms with E-state index in [0.29, 0.717) is 17.4 Å². The van der Waals surface area contributed by atoms with Crippen molar-refractivity contribution in [1.29, 1.82) is 0 Å². The summed E-state index contributed by atoms with van der Waals surface area (Å²) in [5.41, 5.74) is 0. The van der Waals surface area contributed by atoms with E-state index in [9.17, 15) is 19.4 Å². The molecule has 0 aromatic rings. The van der Waals surface area contributed by atoms with Crippen LogP contribution in [0.5, 0.6) is 0 Å². The lowest BCUT2D eigenvalue weighted by Gasteiger charge is -2.29. The van der Waals surface area contributed by atoms with Crippen molar-refractivity contribution in [2.45, 2.75) is 386 Å². The predicted octanol–water partition coefficient (Wildman–Crippen LogP) is 22.0. The molecule has 0 rings (SSSR count). The maximum absolute atomic E-state index is 13.0. The minimum Gasteiger partial charge on any atom is -0.756 e. The smallest absolute Gasteiger partial charge is 0.268 e. The zero-order valence-electron chi connectivity index (χ0n) is 54.6. The van der Waals surface area contributed by atoms with Crippen molar-refractivity contribution in [2.24, 2.45) is 0 Å². The summed E-state index contributed by atoms with van der Waals surface area (Å²) < 4.78 is 23.4.